The summed E-state index contributed by atoms with van der Waals surface area (Å²) in [5.74, 6) is 0.0941. The molecule has 7 heteroatoms. The van der Waals surface area contributed by atoms with E-state index in [1.54, 1.807) is 37.4 Å². The Bertz CT molecular complexity index is 1140. The molecule has 0 saturated heterocycles. The van der Waals surface area contributed by atoms with Crippen LogP contribution in [0.5, 0.6) is 11.5 Å². The molecule has 0 spiro atoms. The summed E-state index contributed by atoms with van der Waals surface area (Å²) in [4.78, 5) is 12.8. The molecule has 0 aromatic heterocycles. The molecule has 0 aliphatic carbocycles. The highest BCUT2D eigenvalue weighted by molar-refractivity contribution is 9.10. The van der Waals surface area contributed by atoms with Gasteiger partial charge < -0.3 is 9.47 Å². The van der Waals surface area contributed by atoms with Crippen molar-refractivity contribution in [3.8, 4) is 11.5 Å². The van der Waals surface area contributed by atoms with E-state index in [1.807, 2.05) is 18.2 Å². The zero-order valence-corrected chi connectivity index (χ0v) is 18.0. The predicted octanol–water partition coefficient (Wildman–Crippen LogP) is 4.77. The molecule has 0 bridgehead atoms. The van der Waals surface area contributed by atoms with Crippen LogP contribution in [0.2, 0.25) is 0 Å². The SMILES string of the molecule is COc1ccc2ccc(OC(=O)C(C)(C)S(=O)(=O)c3ccc(Br)cc3)cc2c1. The smallest absolute Gasteiger partial charge is 0.332 e. The number of rotatable bonds is 5. The molecule has 0 heterocycles. The van der Waals surface area contributed by atoms with Crippen molar-refractivity contribution in [1.29, 1.82) is 0 Å². The third-order valence-electron chi connectivity index (χ3n) is 4.52. The van der Waals surface area contributed by atoms with Gasteiger partial charge in [-0.2, -0.15) is 0 Å². The first kappa shape index (κ1) is 20.4. The minimum Gasteiger partial charge on any atom is -0.497 e. The zero-order valence-electron chi connectivity index (χ0n) is 15.6. The van der Waals surface area contributed by atoms with Gasteiger partial charge in [-0.25, -0.2) is 13.2 Å². The number of hydrogen-bond acceptors (Lipinski definition) is 5. The van der Waals surface area contributed by atoms with Gasteiger partial charge in [-0.05, 0) is 73.2 Å². The van der Waals surface area contributed by atoms with E-state index in [0.29, 0.717) is 5.75 Å². The van der Waals surface area contributed by atoms with E-state index in [-0.39, 0.29) is 10.6 Å². The average molecular weight is 463 g/mol. The lowest BCUT2D eigenvalue weighted by Crippen LogP contribution is -2.43. The van der Waals surface area contributed by atoms with Gasteiger partial charge >= 0.3 is 5.97 Å². The molecule has 0 aliphatic heterocycles. The molecule has 0 N–H and O–H groups in total. The van der Waals surface area contributed by atoms with Gasteiger partial charge in [-0.15, -0.1) is 0 Å². The summed E-state index contributed by atoms with van der Waals surface area (Å²) in [6, 6.07) is 16.8. The van der Waals surface area contributed by atoms with E-state index in [1.165, 1.54) is 26.0 Å². The van der Waals surface area contributed by atoms with Crippen LogP contribution in [-0.2, 0) is 14.6 Å². The standard InChI is InChI=1S/C21H19BrO5S/c1-21(2,28(24,25)19-10-6-16(22)7-11-19)20(23)27-18-9-5-14-4-8-17(26-3)12-15(14)13-18/h4-13H,1-3H3. The first-order valence-electron chi connectivity index (χ1n) is 8.45. The molecule has 3 aromatic rings. The first-order valence-corrected chi connectivity index (χ1v) is 10.7. The van der Waals surface area contributed by atoms with Gasteiger partial charge in [0, 0.05) is 4.47 Å². The largest absolute Gasteiger partial charge is 0.497 e. The Morgan fingerprint density at radius 2 is 1.46 bits per heavy atom. The number of sulfone groups is 1. The molecule has 3 aromatic carbocycles. The van der Waals surface area contributed by atoms with E-state index in [0.717, 1.165) is 15.2 Å². The lowest BCUT2D eigenvalue weighted by atomic mass is 10.1. The maximum Gasteiger partial charge on any atom is 0.332 e. The van der Waals surface area contributed by atoms with Gasteiger partial charge in [0.2, 0.25) is 0 Å². The number of carbonyl (C=O) groups excluding carboxylic acids is 1. The molecule has 0 atom stereocenters. The van der Waals surface area contributed by atoms with E-state index in [4.69, 9.17) is 9.47 Å². The Hall–Kier alpha value is -2.38. The number of benzene rings is 3. The average Bonchev–Trinajstić information content (AvgIpc) is 2.67. The van der Waals surface area contributed by atoms with E-state index in [9.17, 15) is 13.2 Å². The zero-order chi connectivity index (χ0) is 20.5. The lowest BCUT2D eigenvalue weighted by Gasteiger charge is -2.23. The summed E-state index contributed by atoms with van der Waals surface area (Å²) in [7, 11) is -2.37. The fourth-order valence-electron chi connectivity index (χ4n) is 2.64. The van der Waals surface area contributed by atoms with E-state index in [2.05, 4.69) is 15.9 Å². The van der Waals surface area contributed by atoms with Crippen LogP contribution in [0.25, 0.3) is 10.8 Å². The van der Waals surface area contributed by atoms with Crippen molar-refractivity contribution < 1.29 is 22.7 Å². The third-order valence-corrected chi connectivity index (χ3v) is 7.45. The molecule has 5 nitrogen and oxygen atoms in total. The van der Waals surface area contributed by atoms with Crippen molar-refractivity contribution in [3.63, 3.8) is 0 Å². The van der Waals surface area contributed by atoms with Crippen molar-refractivity contribution in [3.05, 3.63) is 65.1 Å². The van der Waals surface area contributed by atoms with Crippen LogP contribution in [0.15, 0.2) is 70.0 Å². The van der Waals surface area contributed by atoms with Gasteiger partial charge in [-0.1, -0.05) is 28.1 Å². The van der Waals surface area contributed by atoms with E-state index < -0.39 is 20.6 Å². The molecule has 0 amide bonds. The molecule has 28 heavy (non-hydrogen) atoms. The normalized spacial score (nSPS) is 12.0. The number of halogens is 1. The molecular formula is C21H19BrO5S. The highest BCUT2D eigenvalue weighted by Crippen LogP contribution is 2.30. The number of ether oxygens (including phenoxy) is 2. The summed E-state index contributed by atoms with van der Waals surface area (Å²) >= 11 is 3.27. The Labute approximate surface area is 172 Å². The maximum absolute atomic E-state index is 13.0. The summed E-state index contributed by atoms with van der Waals surface area (Å²) in [6.07, 6.45) is 0. The van der Waals surface area contributed by atoms with E-state index >= 15 is 0 Å². The van der Waals surface area contributed by atoms with Crippen molar-refractivity contribution in [2.45, 2.75) is 23.5 Å². The Morgan fingerprint density at radius 3 is 2.07 bits per heavy atom. The van der Waals surface area contributed by atoms with Gasteiger partial charge in [-0.3, -0.25) is 0 Å². The van der Waals surface area contributed by atoms with Crippen molar-refractivity contribution in [1.82, 2.24) is 0 Å². The van der Waals surface area contributed by atoms with Crippen LogP contribution < -0.4 is 9.47 Å². The molecule has 0 radical (unpaired) electrons. The molecule has 0 fully saturated rings. The monoisotopic (exact) mass is 462 g/mol. The number of esters is 1. The molecule has 0 unspecified atom stereocenters. The van der Waals surface area contributed by atoms with Crippen LogP contribution in [0.1, 0.15) is 13.8 Å². The van der Waals surface area contributed by atoms with Gasteiger partial charge in [0.1, 0.15) is 11.5 Å². The molecule has 0 saturated carbocycles. The molecular weight excluding hydrogens is 444 g/mol. The number of carbonyl (C=O) groups is 1. The minimum absolute atomic E-state index is 0.0564. The highest BCUT2D eigenvalue weighted by atomic mass is 79.9. The minimum atomic E-state index is -3.94. The second-order valence-corrected chi connectivity index (χ2v) is 10.1. The van der Waals surface area contributed by atoms with Crippen molar-refractivity contribution in [2.24, 2.45) is 0 Å². The van der Waals surface area contributed by atoms with Gasteiger partial charge in [0.05, 0.1) is 12.0 Å². The summed E-state index contributed by atoms with van der Waals surface area (Å²) in [5.41, 5.74) is 0. The fourth-order valence-corrected chi connectivity index (χ4v) is 4.25. The van der Waals surface area contributed by atoms with Crippen LogP contribution in [0, 0.1) is 0 Å². The lowest BCUT2D eigenvalue weighted by molar-refractivity contribution is -0.136. The summed E-state index contributed by atoms with van der Waals surface area (Å²) in [5, 5.41) is 1.76. The number of hydrogen-bond donors (Lipinski definition) is 0. The predicted molar refractivity (Wildman–Crippen MR) is 112 cm³/mol. The second kappa shape index (κ2) is 7.56. The Balaban J connectivity index is 1.90. The highest BCUT2D eigenvalue weighted by Gasteiger charge is 2.44. The Morgan fingerprint density at radius 1 is 0.893 bits per heavy atom. The summed E-state index contributed by atoms with van der Waals surface area (Å²) in [6.45, 7) is 2.69. The van der Waals surface area contributed by atoms with Gasteiger partial charge in [0.25, 0.3) is 0 Å². The molecule has 3 rings (SSSR count). The maximum atomic E-state index is 13.0. The first-order chi connectivity index (χ1) is 13.1. The fraction of sp³-hybridized carbons (Fsp3) is 0.190. The van der Waals surface area contributed by atoms with Crippen molar-refractivity contribution >= 4 is 42.5 Å². The van der Waals surface area contributed by atoms with Gasteiger partial charge in [0.15, 0.2) is 14.6 Å². The molecule has 0 aliphatic rings. The number of fused-ring (bicyclic) bond motifs is 1. The van der Waals surface area contributed by atoms with Crippen molar-refractivity contribution in [2.75, 3.05) is 7.11 Å². The number of methoxy groups -OCH3 is 1. The molecule has 146 valence electrons. The quantitative estimate of drug-likeness (QED) is 0.403. The topological polar surface area (TPSA) is 69.7 Å². The van der Waals surface area contributed by atoms with Crippen LogP contribution in [0.3, 0.4) is 0 Å². The second-order valence-electron chi connectivity index (χ2n) is 6.73. The third kappa shape index (κ3) is 3.77. The van der Waals surface area contributed by atoms with Crippen LogP contribution in [0.4, 0.5) is 0 Å². The van der Waals surface area contributed by atoms with Crippen LogP contribution in [-0.4, -0.2) is 26.2 Å². The Kier molecular flexibility index (Phi) is 5.50. The summed E-state index contributed by atoms with van der Waals surface area (Å²) < 4.78 is 35.5. The van der Waals surface area contributed by atoms with Crippen LogP contribution >= 0.6 is 15.9 Å².